The Morgan fingerprint density at radius 1 is 1.04 bits per heavy atom. The molecular weight excluding hydrogens is 362 g/mol. The van der Waals surface area contributed by atoms with Gasteiger partial charge in [-0.1, -0.05) is 6.08 Å². The summed E-state index contributed by atoms with van der Waals surface area (Å²) < 4.78 is 20.0. The van der Waals surface area contributed by atoms with Gasteiger partial charge >= 0.3 is 11.9 Å². The van der Waals surface area contributed by atoms with Crippen LogP contribution >= 0.6 is 0 Å². The molecular formula is C21H25NO6. The van der Waals surface area contributed by atoms with Gasteiger partial charge < -0.3 is 23.8 Å². The normalized spacial score (nSPS) is 15.9. The van der Waals surface area contributed by atoms with Crippen LogP contribution in [-0.4, -0.2) is 45.3 Å². The smallest absolute Gasteiger partial charge is 0.330 e. The molecule has 1 aromatic carbocycles. The van der Waals surface area contributed by atoms with Crippen molar-refractivity contribution in [3.63, 3.8) is 0 Å². The largest absolute Gasteiger partial charge is 0.497 e. The lowest BCUT2D eigenvalue weighted by molar-refractivity contribution is -0.141. The lowest BCUT2D eigenvalue weighted by Crippen LogP contribution is -2.19. The average Bonchev–Trinajstić information content (AvgIpc) is 2.72. The predicted molar refractivity (Wildman–Crippen MR) is 104 cm³/mol. The average molecular weight is 387 g/mol. The fourth-order valence-corrected chi connectivity index (χ4v) is 2.77. The minimum Gasteiger partial charge on any atom is -0.497 e. The Balaban J connectivity index is 2.24. The number of ether oxygens (including phenoxy) is 4. The molecule has 1 aliphatic rings. The number of hydrogen-bond acceptors (Lipinski definition) is 7. The van der Waals surface area contributed by atoms with E-state index in [-0.39, 0.29) is 18.3 Å². The zero-order valence-electron chi connectivity index (χ0n) is 16.5. The Morgan fingerprint density at radius 2 is 1.71 bits per heavy atom. The van der Waals surface area contributed by atoms with Gasteiger partial charge in [-0.15, -0.1) is 0 Å². The number of nitrogens with zero attached hydrogens (tertiary/aromatic N) is 1. The van der Waals surface area contributed by atoms with Gasteiger partial charge in [-0.05, 0) is 29.3 Å². The van der Waals surface area contributed by atoms with Gasteiger partial charge in [0, 0.05) is 37.0 Å². The summed E-state index contributed by atoms with van der Waals surface area (Å²) in [6.45, 7) is 0.560. The van der Waals surface area contributed by atoms with E-state index in [4.69, 9.17) is 14.2 Å². The van der Waals surface area contributed by atoms with Crippen LogP contribution in [0, 0.1) is 5.92 Å². The number of esters is 2. The van der Waals surface area contributed by atoms with Gasteiger partial charge in [-0.3, -0.25) is 4.79 Å². The molecule has 1 heterocycles. The topological polar surface area (TPSA) is 74.3 Å². The van der Waals surface area contributed by atoms with Crippen molar-refractivity contribution in [2.75, 3.05) is 28.4 Å². The van der Waals surface area contributed by atoms with Crippen molar-refractivity contribution < 1.29 is 28.5 Å². The van der Waals surface area contributed by atoms with Crippen LogP contribution in [0.1, 0.15) is 12.0 Å². The number of allylic oxidation sites excluding steroid dienone is 3. The number of carbonyl (C=O) groups excluding carboxylic acids is 2. The second kappa shape index (κ2) is 10.2. The first-order chi connectivity index (χ1) is 13.5. The van der Waals surface area contributed by atoms with Gasteiger partial charge in [0.2, 0.25) is 0 Å². The van der Waals surface area contributed by atoms with Crippen LogP contribution in [0.25, 0.3) is 0 Å². The molecule has 0 fully saturated rings. The van der Waals surface area contributed by atoms with E-state index in [1.165, 1.54) is 20.3 Å². The first-order valence-corrected chi connectivity index (χ1v) is 8.69. The molecule has 0 radical (unpaired) electrons. The molecule has 1 unspecified atom stereocenters. The minimum absolute atomic E-state index is 0.186. The van der Waals surface area contributed by atoms with Crippen LogP contribution in [0.2, 0.25) is 0 Å². The van der Waals surface area contributed by atoms with Crippen molar-refractivity contribution in [3.05, 3.63) is 60.0 Å². The molecule has 0 saturated heterocycles. The molecule has 0 aliphatic carbocycles. The zero-order chi connectivity index (χ0) is 20.5. The second-order valence-corrected chi connectivity index (χ2v) is 6.11. The van der Waals surface area contributed by atoms with Crippen LogP contribution < -0.4 is 9.47 Å². The number of benzene rings is 1. The van der Waals surface area contributed by atoms with Gasteiger partial charge in [0.1, 0.15) is 11.5 Å². The summed E-state index contributed by atoms with van der Waals surface area (Å²) in [6.07, 6.45) is 8.87. The monoisotopic (exact) mass is 387 g/mol. The third-order valence-electron chi connectivity index (χ3n) is 4.26. The Kier molecular flexibility index (Phi) is 7.68. The van der Waals surface area contributed by atoms with Gasteiger partial charge in [0.25, 0.3) is 0 Å². The molecule has 7 nitrogen and oxygen atoms in total. The third-order valence-corrected chi connectivity index (χ3v) is 4.26. The Bertz CT molecular complexity index is 774. The fraction of sp³-hybridized carbons (Fsp3) is 0.333. The fourth-order valence-electron chi connectivity index (χ4n) is 2.77. The highest BCUT2D eigenvalue weighted by atomic mass is 16.5. The number of carbonyl (C=O) groups is 2. The van der Waals surface area contributed by atoms with E-state index >= 15 is 0 Å². The molecule has 150 valence electrons. The quantitative estimate of drug-likeness (QED) is 0.502. The van der Waals surface area contributed by atoms with Crippen LogP contribution in [-0.2, 0) is 25.6 Å². The summed E-state index contributed by atoms with van der Waals surface area (Å²) in [6, 6.07) is 5.66. The lowest BCUT2D eigenvalue weighted by atomic mass is 9.93. The Morgan fingerprint density at radius 3 is 2.29 bits per heavy atom. The summed E-state index contributed by atoms with van der Waals surface area (Å²) in [5, 5.41) is 0. The van der Waals surface area contributed by atoms with Crippen LogP contribution in [0.4, 0.5) is 0 Å². The molecule has 0 aromatic heterocycles. The van der Waals surface area contributed by atoms with Gasteiger partial charge in [-0.25, -0.2) is 4.79 Å². The molecule has 0 amide bonds. The van der Waals surface area contributed by atoms with Gasteiger partial charge in [0.15, 0.2) is 0 Å². The maximum atomic E-state index is 11.7. The molecule has 2 rings (SSSR count). The summed E-state index contributed by atoms with van der Waals surface area (Å²) in [5.74, 6) is 0.432. The highest BCUT2D eigenvalue weighted by Gasteiger charge is 2.19. The standard InChI is InChI=1S/C21H25NO6/c1-25-18-9-15(10-19(12-18)26-2)13-22-8-7-16(11-21(24)28-4)17(14-22)5-6-20(23)27-3/h5-10,12,14,16H,11,13H2,1-4H3/b6-5+. The molecule has 1 aliphatic heterocycles. The molecule has 28 heavy (non-hydrogen) atoms. The highest BCUT2D eigenvalue weighted by molar-refractivity contribution is 5.82. The summed E-state index contributed by atoms with van der Waals surface area (Å²) >= 11 is 0. The lowest BCUT2D eigenvalue weighted by Gasteiger charge is -2.25. The van der Waals surface area contributed by atoms with Crippen molar-refractivity contribution in [2.45, 2.75) is 13.0 Å². The molecule has 1 aromatic rings. The van der Waals surface area contributed by atoms with E-state index in [0.717, 1.165) is 11.1 Å². The molecule has 0 saturated carbocycles. The molecule has 0 spiro atoms. The van der Waals surface area contributed by atoms with Crippen LogP contribution in [0.15, 0.2) is 54.4 Å². The van der Waals surface area contributed by atoms with E-state index in [1.807, 2.05) is 41.6 Å². The number of hydrogen-bond donors (Lipinski definition) is 0. The van der Waals surface area contributed by atoms with Gasteiger partial charge in [0.05, 0.1) is 34.9 Å². The number of rotatable bonds is 8. The maximum absolute atomic E-state index is 11.7. The predicted octanol–water partition coefficient (Wildman–Crippen LogP) is 2.83. The van der Waals surface area contributed by atoms with Crippen LogP contribution in [0.5, 0.6) is 11.5 Å². The summed E-state index contributed by atoms with van der Waals surface area (Å²) in [5.41, 5.74) is 1.79. The first kappa shape index (κ1) is 21.1. The Hall–Kier alpha value is -3.22. The molecule has 7 heteroatoms. The minimum atomic E-state index is -0.462. The SMILES string of the molecule is COC(=O)/C=C/C1=CN(Cc2cc(OC)cc(OC)c2)C=CC1CC(=O)OC. The third kappa shape index (κ3) is 5.90. The van der Waals surface area contributed by atoms with Crippen molar-refractivity contribution in [3.8, 4) is 11.5 Å². The summed E-state index contributed by atoms with van der Waals surface area (Å²) in [4.78, 5) is 25.1. The van der Waals surface area contributed by atoms with Crippen molar-refractivity contribution in [1.82, 2.24) is 4.90 Å². The second-order valence-electron chi connectivity index (χ2n) is 6.11. The van der Waals surface area contributed by atoms with Crippen molar-refractivity contribution in [2.24, 2.45) is 5.92 Å². The summed E-state index contributed by atoms with van der Waals surface area (Å²) in [7, 11) is 5.88. The first-order valence-electron chi connectivity index (χ1n) is 8.69. The van der Waals surface area contributed by atoms with E-state index in [1.54, 1.807) is 20.3 Å². The highest BCUT2D eigenvalue weighted by Crippen LogP contribution is 2.27. The maximum Gasteiger partial charge on any atom is 0.330 e. The molecule has 0 bridgehead atoms. The van der Waals surface area contributed by atoms with E-state index < -0.39 is 5.97 Å². The van der Waals surface area contributed by atoms with E-state index in [2.05, 4.69) is 4.74 Å². The Labute approximate surface area is 164 Å². The molecule has 1 atom stereocenters. The van der Waals surface area contributed by atoms with Crippen molar-refractivity contribution >= 4 is 11.9 Å². The number of methoxy groups -OCH3 is 4. The van der Waals surface area contributed by atoms with E-state index in [9.17, 15) is 9.59 Å². The van der Waals surface area contributed by atoms with Crippen molar-refractivity contribution in [1.29, 1.82) is 0 Å². The van der Waals surface area contributed by atoms with E-state index in [0.29, 0.717) is 18.0 Å². The zero-order valence-corrected chi connectivity index (χ0v) is 16.5. The van der Waals surface area contributed by atoms with Gasteiger partial charge in [-0.2, -0.15) is 0 Å². The molecule has 0 N–H and O–H groups in total. The van der Waals surface area contributed by atoms with Crippen LogP contribution in [0.3, 0.4) is 0 Å².